The zero-order chi connectivity index (χ0) is 24.5. The SMILES string of the molecule is CO[C@@H](C)c1c(NC(=O)Nc2cnc(Nc3nccs3)c(C(F)(F)F)c2)cnc2sc(C)nc12. The van der Waals surface area contributed by atoms with Gasteiger partial charge in [0, 0.05) is 24.3 Å². The maximum absolute atomic E-state index is 13.6. The Labute approximate surface area is 199 Å². The van der Waals surface area contributed by atoms with Crippen LogP contribution in [-0.2, 0) is 10.9 Å². The molecule has 0 radical (unpaired) electrons. The number of nitrogens with one attached hydrogen (secondary N) is 3. The van der Waals surface area contributed by atoms with Crippen LogP contribution in [-0.4, -0.2) is 33.1 Å². The lowest BCUT2D eigenvalue weighted by Crippen LogP contribution is -2.22. The van der Waals surface area contributed by atoms with Crippen LogP contribution in [0.15, 0.2) is 30.0 Å². The average molecular weight is 510 g/mol. The highest BCUT2D eigenvalue weighted by molar-refractivity contribution is 7.18. The summed E-state index contributed by atoms with van der Waals surface area (Å²) in [4.78, 5) is 29.9. The van der Waals surface area contributed by atoms with Crippen LogP contribution in [0.3, 0.4) is 0 Å². The lowest BCUT2D eigenvalue weighted by molar-refractivity contribution is -0.137. The number of halogens is 3. The lowest BCUT2D eigenvalue weighted by Gasteiger charge is -2.17. The zero-order valence-electron chi connectivity index (χ0n) is 18.0. The van der Waals surface area contributed by atoms with Crippen LogP contribution in [0.5, 0.6) is 0 Å². The Bertz CT molecular complexity index is 1330. The summed E-state index contributed by atoms with van der Waals surface area (Å²) in [5.41, 5.74) is 0.345. The van der Waals surface area contributed by atoms with Crippen molar-refractivity contribution in [2.45, 2.75) is 26.1 Å². The number of methoxy groups -OCH3 is 1. The van der Waals surface area contributed by atoms with Gasteiger partial charge in [0.2, 0.25) is 0 Å². The third-order valence-electron chi connectivity index (χ3n) is 4.69. The highest BCUT2D eigenvalue weighted by Crippen LogP contribution is 2.37. The van der Waals surface area contributed by atoms with Crippen molar-refractivity contribution in [2.24, 2.45) is 0 Å². The molecule has 4 aromatic heterocycles. The normalized spacial score (nSPS) is 12.5. The zero-order valence-corrected chi connectivity index (χ0v) is 19.7. The van der Waals surface area contributed by atoms with E-state index < -0.39 is 29.7 Å². The van der Waals surface area contributed by atoms with Crippen LogP contribution in [0.1, 0.15) is 29.2 Å². The number of alkyl halides is 3. The molecule has 0 aliphatic rings. The molecule has 4 heterocycles. The van der Waals surface area contributed by atoms with E-state index in [2.05, 4.69) is 35.9 Å². The molecule has 0 bridgehead atoms. The summed E-state index contributed by atoms with van der Waals surface area (Å²) in [5.74, 6) is -0.418. The summed E-state index contributed by atoms with van der Waals surface area (Å²) in [7, 11) is 1.52. The van der Waals surface area contributed by atoms with Gasteiger partial charge in [0.15, 0.2) is 5.13 Å². The van der Waals surface area contributed by atoms with Gasteiger partial charge in [-0.1, -0.05) is 11.3 Å². The van der Waals surface area contributed by atoms with Crippen molar-refractivity contribution in [1.29, 1.82) is 0 Å². The van der Waals surface area contributed by atoms with Gasteiger partial charge >= 0.3 is 12.2 Å². The first-order chi connectivity index (χ1) is 16.2. The number of hydrogen-bond donors (Lipinski definition) is 3. The number of amides is 2. The minimum Gasteiger partial charge on any atom is -0.377 e. The molecular weight excluding hydrogens is 491 g/mol. The fraction of sp³-hybridized carbons (Fsp3) is 0.250. The predicted octanol–water partition coefficient (Wildman–Crippen LogP) is 5.97. The molecule has 0 unspecified atom stereocenters. The maximum atomic E-state index is 13.6. The number of urea groups is 1. The highest BCUT2D eigenvalue weighted by atomic mass is 32.1. The van der Waals surface area contributed by atoms with Crippen molar-refractivity contribution in [3.05, 3.63) is 46.2 Å². The summed E-state index contributed by atoms with van der Waals surface area (Å²) < 4.78 is 46.3. The van der Waals surface area contributed by atoms with E-state index in [0.717, 1.165) is 28.6 Å². The molecule has 2 amide bonds. The standard InChI is InChI=1S/C20H18F3N7O2S2/c1-9(32-3)14-13(8-26-17-15(14)27-10(2)34-17)29-18(31)28-11-6-12(20(21,22)23)16(25-7-11)30-19-24-4-5-33-19/h4-9H,1-3H3,(H,24,25,30)(H2,28,29,31)/t9-/m0/s1. The number of carbonyl (C=O) groups is 1. The molecule has 0 fully saturated rings. The number of thiazole rings is 2. The second-order valence-electron chi connectivity index (χ2n) is 7.01. The molecule has 0 saturated heterocycles. The molecule has 178 valence electrons. The minimum absolute atomic E-state index is 0.144. The molecule has 3 N–H and O–H groups in total. The molecule has 0 aliphatic carbocycles. The Morgan fingerprint density at radius 3 is 2.65 bits per heavy atom. The molecule has 4 rings (SSSR count). The van der Waals surface area contributed by atoms with E-state index in [9.17, 15) is 18.0 Å². The summed E-state index contributed by atoms with van der Waals surface area (Å²) in [6.07, 6.45) is -1.09. The number of rotatable bonds is 6. The number of aryl methyl sites for hydroxylation is 1. The minimum atomic E-state index is -4.71. The molecule has 34 heavy (non-hydrogen) atoms. The van der Waals surface area contributed by atoms with E-state index in [-0.39, 0.29) is 10.8 Å². The number of hydrogen-bond acceptors (Lipinski definition) is 9. The van der Waals surface area contributed by atoms with Crippen LogP contribution in [0.2, 0.25) is 0 Å². The monoisotopic (exact) mass is 509 g/mol. The molecular formula is C20H18F3N7O2S2. The fourth-order valence-electron chi connectivity index (χ4n) is 3.15. The number of carbonyl (C=O) groups excluding carboxylic acids is 1. The molecule has 0 aromatic carbocycles. The third-order valence-corrected chi connectivity index (χ3v) is 6.26. The Morgan fingerprint density at radius 1 is 1.18 bits per heavy atom. The molecule has 1 atom stereocenters. The van der Waals surface area contributed by atoms with Gasteiger partial charge in [0.05, 0.1) is 34.9 Å². The van der Waals surface area contributed by atoms with Crippen molar-refractivity contribution >= 4 is 61.4 Å². The smallest absolute Gasteiger partial charge is 0.377 e. The van der Waals surface area contributed by atoms with E-state index in [0.29, 0.717) is 21.6 Å². The number of aromatic nitrogens is 4. The Morgan fingerprint density at radius 2 is 1.97 bits per heavy atom. The molecule has 14 heteroatoms. The summed E-state index contributed by atoms with van der Waals surface area (Å²) in [6, 6.07) is 0.0279. The Balaban J connectivity index is 1.59. The molecule has 0 spiro atoms. The van der Waals surface area contributed by atoms with E-state index in [1.165, 1.54) is 30.8 Å². The number of anilines is 4. The number of fused-ring (bicyclic) bond motifs is 1. The average Bonchev–Trinajstić information content (AvgIpc) is 3.42. The molecule has 0 aliphatic heterocycles. The molecule has 4 aromatic rings. The first-order valence-electron chi connectivity index (χ1n) is 9.76. The third kappa shape index (κ3) is 5.08. The molecule has 9 nitrogen and oxygen atoms in total. The van der Waals surface area contributed by atoms with Gasteiger partial charge in [0.25, 0.3) is 0 Å². The van der Waals surface area contributed by atoms with Crippen LogP contribution >= 0.6 is 22.7 Å². The van der Waals surface area contributed by atoms with Crippen molar-refractivity contribution < 1.29 is 22.7 Å². The van der Waals surface area contributed by atoms with Gasteiger partial charge in [-0.2, -0.15) is 13.2 Å². The first-order valence-corrected chi connectivity index (χ1v) is 11.5. The number of nitrogens with zero attached hydrogens (tertiary/aromatic N) is 4. The predicted molar refractivity (Wildman–Crippen MR) is 125 cm³/mol. The fourth-order valence-corrected chi connectivity index (χ4v) is 4.45. The second kappa shape index (κ2) is 9.48. The first kappa shape index (κ1) is 23.8. The van der Waals surface area contributed by atoms with E-state index >= 15 is 0 Å². The summed E-state index contributed by atoms with van der Waals surface area (Å²) in [6.45, 7) is 3.63. The van der Waals surface area contributed by atoms with Crippen molar-refractivity contribution in [2.75, 3.05) is 23.1 Å². The van der Waals surface area contributed by atoms with Gasteiger partial charge in [0.1, 0.15) is 21.7 Å². The van der Waals surface area contributed by atoms with Crippen LogP contribution in [0.4, 0.5) is 40.3 Å². The van der Waals surface area contributed by atoms with Gasteiger partial charge in [-0.3, -0.25) is 0 Å². The number of ether oxygens (including phenoxy) is 1. The van der Waals surface area contributed by atoms with Gasteiger partial charge in [-0.25, -0.2) is 24.7 Å². The summed E-state index contributed by atoms with van der Waals surface area (Å²) >= 11 is 2.53. The lowest BCUT2D eigenvalue weighted by atomic mass is 10.1. The van der Waals surface area contributed by atoms with Crippen molar-refractivity contribution in [1.82, 2.24) is 19.9 Å². The van der Waals surface area contributed by atoms with Crippen LogP contribution in [0.25, 0.3) is 10.3 Å². The quantitative estimate of drug-likeness (QED) is 0.294. The van der Waals surface area contributed by atoms with Crippen molar-refractivity contribution in [3.8, 4) is 0 Å². The summed E-state index contributed by atoms with van der Waals surface area (Å²) in [5, 5.41) is 10.2. The Kier molecular flexibility index (Phi) is 6.63. The van der Waals surface area contributed by atoms with E-state index in [1.807, 2.05) is 6.92 Å². The maximum Gasteiger partial charge on any atom is 0.420 e. The van der Waals surface area contributed by atoms with Crippen LogP contribution < -0.4 is 16.0 Å². The topological polar surface area (TPSA) is 114 Å². The van der Waals surface area contributed by atoms with Gasteiger partial charge in [-0.05, 0) is 19.9 Å². The second-order valence-corrected chi connectivity index (χ2v) is 9.09. The highest BCUT2D eigenvalue weighted by Gasteiger charge is 2.35. The molecule has 0 saturated carbocycles. The van der Waals surface area contributed by atoms with E-state index in [4.69, 9.17) is 4.74 Å². The largest absolute Gasteiger partial charge is 0.420 e. The number of pyridine rings is 2. The van der Waals surface area contributed by atoms with Crippen LogP contribution in [0, 0.1) is 6.92 Å². The van der Waals surface area contributed by atoms with Gasteiger partial charge in [-0.15, -0.1) is 11.3 Å². The van der Waals surface area contributed by atoms with Gasteiger partial charge < -0.3 is 20.7 Å². The van der Waals surface area contributed by atoms with Crippen molar-refractivity contribution in [3.63, 3.8) is 0 Å². The van der Waals surface area contributed by atoms with E-state index in [1.54, 1.807) is 12.3 Å². The Hall–Kier alpha value is -3.36.